The topological polar surface area (TPSA) is 56.9 Å². The maximum Gasteiger partial charge on any atom is 0.0983 e. The molecule has 1 saturated carbocycles. The van der Waals surface area contributed by atoms with Gasteiger partial charge in [-0.05, 0) is 36.5 Å². The van der Waals surface area contributed by atoms with E-state index in [1.165, 1.54) is 0 Å². The van der Waals surface area contributed by atoms with Crippen LogP contribution in [0.1, 0.15) is 44.3 Å². The third-order valence-electron chi connectivity index (χ3n) is 4.76. The van der Waals surface area contributed by atoms with Crippen LogP contribution in [0.15, 0.2) is 36.5 Å². The van der Waals surface area contributed by atoms with Crippen LogP contribution in [0.25, 0.3) is 10.9 Å². The zero-order valence-electron chi connectivity index (χ0n) is 12.3. The summed E-state index contributed by atoms with van der Waals surface area (Å²) in [4.78, 5) is 4.34. The molecule has 1 fully saturated rings. The lowest BCUT2D eigenvalue weighted by Gasteiger charge is -2.38. The zero-order chi connectivity index (χ0) is 14.9. The van der Waals surface area contributed by atoms with Crippen molar-refractivity contribution in [3.63, 3.8) is 0 Å². The summed E-state index contributed by atoms with van der Waals surface area (Å²) in [5.74, 6) is 0.487. The highest BCUT2D eigenvalue weighted by molar-refractivity contribution is 5.82. The molecule has 3 heteroatoms. The first-order valence-electron chi connectivity index (χ1n) is 7.59. The first-order chi connectivity index (χ1) is 10.2. The van der Waals surface area contributed by atoms with Gasteiger partial charge in [0.15, 0.2) is 0 Å². The van der Waals surface area contributed by atoms with Crippen LogP contribution >= 0.6 is 0 Å². The Morgan fingerprint density at radius 2 is 2.19 bits per heavy atom. The molecule has 0 aliphatic heterocycles. The lowest BCUT2D eigenvalue weighted by molar-refractivity contribution is 0.0229. The molecule has 0 amide bonds. The van der Waals surface area contributed by atoms with Crippen molar-refractivity contribution in [1.29, 1.82) is 5.26 Å². The van der Waals surface area contributed by atoms with Crippen LogP contribution in [0, 0.1) is 22.7 Å². The molecule has 3 rings (SSSR count). The number of nitriles is 1. The van der Waals surface area contributed by atoms with Gasteiger partial charge in [-0.25, -0.2) is 0 Å². The van der Waals surface area contributed by atoms with Gasteiger partial charge in [-0.3, -0.25) is 4.98 Å². The van der Waals surface area contributed by atoms with Gasteiger partial charge in [-0.2, -0.15) is 5.26 Å². The van der Waals surface area contributed by atoms with E-state index in [9.17, 15) is 10.4 Å². The molecule has 3 unspecified atom stereocenters. The molecular weight excluding hydrogens is 260 g/mol. The molecular formula is C18H20N2O. The van der Waals surface area contributed by atoms with Gasteiger partial charge in [0.2, 0.25) is 0 Å². The van der Waals surface area contributed by atoms with Crippen LogP contribution in [-0.2, 0) is 0 Å². The van der Waals surface area contributed by atoms with E-state index in [0.717, 1.165) is 42.1 Å². The minimum Gasteiger partial charge on any atom is -0.387 e. The van der Waals surface area contributed by atoms with Crippen LogP contribution in [0.3, 0.4) is 0 Å². The standard InChI is InChI=1S/C18H20N2O/c1-13-5-4-9-18(11-13,12-19)17(21)15-8-10-20-16-7-3-2-6-14(15)16/h2-3,6-8,10,13,17,21H,4-5,9,11H2,1H3. The highest BCUT2D eigenvalue weighted by Crippen LogP contribution is 2.48. The first kappa shape index (κ1) is 14.0. The summed E-state index contributed by atoms with van der Waals surface area (Å²) in [7, 11) is 0. The Morgan fingerprint density at radius 1 is 1.38 bits per heavy atom. The van der Waals surface area contributed by atoms with Gasteiger partial charge in [0.25, 0.3) is 0 Å². The van der Waals surface area contributed by atoms with E-state index < -0.39 is 11.5 Å². The predicted octanol–water partition coefficient (Wildman–Crippen LogP) is 3.99. The fraction of sp³-hybridized carbons (Fsp3) is 0.444. The highest BCUT2D eigenvalue weighted by Gasteiger charge is 2.42. The molecule has 1 aliphatic carbocycles. The van der Waals surface area contributed by atoms with E-state index in [1.54, 1.807) is 6.20 Å². The fourth-order valence-electron chi connectivity index (χ4n) is 3.66. The van der Waals surface area contributed by atoms with E-state index >= 15 is 0 Å². The zero-order valence-corrected chi connectivity index (χ0v) is 12.3. The Labute approximate surface area is 125 Å². The van der Waals surface area contributed by atoms with Crippen LogP contribution < -0.4 is 0 Å². The second-order valence-electron chi connectivity index (χ2n) is 6.29. The van der Waals surface area contributed by atoms with Gasteiger partial charge in [-0.1, -0.05) is 38.0 Å². The Morgan fingerprint density at radius 3 is 2.95 bits per heavy atom. The van der Waals surface area contributed by atoms with Crippen LogP contribution in [0.4, 0.5) is 0 Å². The SMILES string of the molecule is CC1CCCC(C#N)(C(O)c2ccnc3ccccc23)C1. The quantitative estimate of drug-likeness (QED) is 0.905. The molecule has 1 aromatic carbocycles. The Kier molecular flexibility index (Phi) is 3.65. The summed E-state index contributed by atoms with van der Waals surface area (Å²) < 4.78 is 0. The maximum absolute atomic E-state index is 11.0. The van der Waals surface area contributed by atoms with Gasteiger partial charge < -0.3 is 5.11 Å². The molecule has 108 valence electrons. The lowest BCUT2D eigenvalue weighted by Crippen LogP contribution is -2.33. The van der Waals surface area contributed by atoms with Crippen molar-refractivity contribution in [2.24, 2.45) is 11.3 Å². The number of nitrogens with zero attached hydrogens (tertiary/aromatic N) is 2. The number of fused-ring (bicyclic) bond motifs is 1. The molecule has 2 aromatic rings. The highest BCUT2D eigenvalue weighted by atomic mass is 16.3. The van der Waals surface area contributed by atoms with E-state index in [0.29, 0.717) is 5.92 Å². The van der Waals surface area contributed by atoms with Crippen molar-refractivity contribution in [1.82, 2.24) is 4.98 Å². The van der Waals surface area contributed by atoms with Gasteiger partial charge in [0, 0.05) is 11.6 Å². The number of hydrogen-bond acceptors (Lipinski definition) is 3. The summed E-state index contributed by atoms with van der Waals surface area (Å²) in [6, 6.07) is 12.1. The minimum atomic E-state index is -0.752. The molecule has 1 aromatic heterocycles. The van der Waals surface area contributed by atoms with Crippen LogP contribution in [0.5, 0.6) is 0 Å². The van der Waals surface area contributed by atoms with Crippen molar-refractivity contribution in [3.05, 3.63) is 42.1 Å². The molecule has 1 N–H and O–H groups in total. The number of pyridine rings is 1. The summed E-state index contributed by atoms with van der Waals surface area (Å²) in [6.07, 6.45) is 4.66. The van der Waals surface area contributed by atoms with Crippen LogP contribution in [0.2, 0.25) is 0 Å². The van der Waals surface area contributed by atoms with Crippen molar-refractivity contribution < 1.29 is 5.11 Å². The average Bonchev–Trinajstić information content (AvgIpc) is 2.53. The third kappa shape index (κ3) is 2.41. The number of benzene rings is 1. The Bertz CT molecular complexity index is 686. The number of para-hydroxylation sites is 1. The number of aliphatic hydroxyl groups is 1. The Balaban J connectivity index is 2.07. The van der Waals surface area contributed by atoms with Crippen molar-refractivity contribution >= 4 is 10.9 Å². The molecule has 0 saturated heterocycles. The first-order valence-corrected chi connectivity index (χ1v) is 7.59. The van der Waals surface area contributed by atoms with Crippen molar-refractivity contribution in [2.45, 2.75) is 38.7 Å². The minimum absolute atomic E-state index is 0.487. The molecule has 3 atom stereocenters. The number of aliphatic hydroxyl groups excluding tert-OH is 1. The summed E-state index contributed by atoms with van der Waals surface area (Å²) in [5.41, 5.74) is 1.03. The molecule has 0 radical (unpaired) electrons. The Hall–Kier alpha value is -1.92. The second-order valence-corrected chi connectivity index (χ2v) is 6.29. The number of rotatable bonds is 2. The largest absolute Gasteiger partial charge is 0.387 e. The number of hydrogen-bond donors (Lipinski definition) is 1. The molecule has 21 heavy (non-hydrogen) atoms. The maximum atomic E-state index is 11.0. The fourth-order valence-corrected chi connectivity index (χ4v) is 3.66. The molecule has 0 spiro atoms. The molecule has 0 bridgehead atoms. The van der Waals surface area contributed by atoms with E-state index in [4.69, 9.17) is 0 Å². The smallest absolute Gasteiger partial charge is 0.0983 e. The van der Waals surface area contributed by atoms with Gasteiger partial charge in [0.05, 0.1) is 23.1 Å². The average molecular weight is 280 g/mol. The van der Waals surface area contributed by atoms with E-state index in [2.05, 4.69) is 18.0 Å². The normalized spacial score (nSPS) is 27.2. The summed E-state index contributed by atoms with van der Waals surface area (Å²) in [5, 5.41) is 21.6. The van der Waals surface area contributed by atoms with Gasteiger partial charge in [0.1, 0.15) is 0 Å². The van der Waals surface area contributed by atoms with Crippen molar-refractivity contribution in [2.75, 3.05) is 0 Å². The van der Waals surface area contributed by atoms with Crippen molar-refractivity contribution in [3.8, 4) is 6.07 Å². The summed E-state index contributed by atoms with van der Waals surface area (Å²) in [6.45, 7) is 2.17. The number of aromatic nitrogens is 1. The molecule has 3 nitrogen and oxygen atoms in total. The second kappa shape index (κ2) is 5.46. The molecule has 1 heterocycles. The van der Waals surface area contributed by atoms with Crippen LogP contribution in [-0.4, -0.2) is 10.1 Å². The predicted molar refractivity (Wildman–Crippen MR) is 82.4 cm³/mol. The van der Waals surface area contributed by atoms with E-state index in [1.807, 2.05) is 30.3 Å². The van der Waals surface area contributed by atoms with Gasteiger partial charge >= 0.3 is 0 Å². The van der Waals surface area contributed by atoms with E-state index in [-0.39, 0.29) is 0 Å². The summed E-state index contributed by atoms with van der Waals surface area (Å²) >= 11 is 0. The van der Waals surface area contributed by atoms with Gasteiger partial charge in [-0.15, -0.1) is 0 Å². The third-order valence-corrected chi connectivity index (χ3v) is 4.76. The lowest BCUT2D eigenvalue weighted by atomic mass is 9.66. The monoisotopic (exact) mass is 280 g/mol. The molecule has 1 aliphatic rings.